The van der Waals surface area contributed by atoms with E-state index in [4.69, 9.17) is 10.00 Å². The minimum absolute atomic E-state index is 0.401. The van der Waals surface area contributed by atoms with Crippen molar-refractivity contribution in [3.63, 3.8) is 0 Å². The number of fused-ring (bicyclic) bond motifs is 1. The molecule has 3 heterocycles. The lowest BCUT2D eigenvalue weighted by atomic mass is 10.0. The van der Waals surface area contributed by atoms with Crippen molar-refractivity contribution in [1.29, 1.82) is 5.26 Å². The first-order valence-electron chi connectivity index (χ1n) is 10.3. The van der Waals surface area contributed by atoms with Gasteiger partial charge in [0, 0.05) is 11.1 Å². The molecule has 1 aliphatic rings. The number of nitrogens with zero attached hydrogens (tertiary/aromatic N) is 5. The summed E-state index contributed by atoms with van der Waals surface area (Å²) in [5.74, 6) is 0.401. The monoisotopic (exact) mass is 412 g/mol. The van der Waals surface area contributed by atoms with E-state index in [2.05, 4.69) is 38.7 Å². The Morgan fingerprint density at radius 1 is 1.00 bits per heavy atom. The quantitative estimate of drug-likeness (QED) is 0.547. The molecular weight excluding hydrogens is 388 g/mol. The molecule has 1 aliphatic heterocycles. The number of nitriles is 1. The zero-order valence-corrected chi connectivity index (χ0v) is 17.7. The molecule has 2 aromatic carbocycles. The number of ether oxygens (including phenoxy) is 1. The summed E-state index contributed by atoms with van der Waals surface area (Å²) in [5.41, 5.74) is 5.82. The van der Waals surface area contributed by atoms with Gasteiger partial charge in [0.25, 0.3) is 5.88 Å². The molecule has 7 heteroatoms. The van der Waals surface area contributed by atoms with Gasteiger partial charge in [0.05, 0.1) is 30.1 Å². The molecule has 0 aliphatic carbocycles. The van der Waals surface area contributed by atoms with Gasteiger partial charge in [-0.25, -0.2) is 4.98 Å². The van der Waals surface area contributed by atoms with E-state index in [0.29, 0.717) is 17.1 Å². The van der Waals surface area contributed by atoms with E-state index in [1.54, 1.807) is 25.6 Å². The molecule has 1 N–H and O–H groups in total. The topological polar surface area (TPSA) is 88.1 Å². The zero-order valence-electron chi connectivity index (χ0n) is 17.7. The molecule has 0 radical (unpaired) electrons. The zero-order chi connectivity index (χ0) is 21.6. The Morgan fingerprint density at radius 3 is 2.26 bits per heavy atom. The van der Waals surface area contributed by atoms with Crippen LogP contribution < -0.4 is 10.1 Å². The summed E-state index contributed by atoms with van der Waals surface area (Å²) in [7, 11) is 1.56. The highest BCUT2D eigenvalue weighted by Crippen LogP contribution is 2.34. The van der Waals surface area contributed by atoms with E-state index in [0.717, 1.165) is 22.5 Å². The van der Waals surface area contributed by atoms with Crippen molar-refractivity contribution in [3.05, 3.63) is 66.0 Å². The van der Waals surface area contributed by atoms with Crippen molar-refractivity contribution in [2.75, 3.05) is 20.2 Å². The molecule has 0 unspecified atom stereocenters. The second-order valence-corrected chi connectivity index (χ2v) is 7.36. The molecule has 0 atom stereocenters. The molecule has 1 fully saturated rings. The normalized spacial score (nSPS) is 12.8. The first-order chi connectivity index (χ1) is 15.2. The van der Waals surface area contributed by atoms with E-state index < -0.39 is 0 Å². The van der Waals surface area contributed by atoms with Gasteiger partial charge in [0.1, 0.15) is 6.33 Å². The molecule has 0 spiro atoms. The number of benzene rings is 2. The predicted octanol–water partition coefficient (Wildman–Crippen LogP) is 4.02. The highest BCUT2D eigenvalue weighted by molar-refractivity contribution is 5.81. The average Bonchev–Trinajstić information content (AvgIpc) is 3.54. The standard InChI is InChI=1S/C20H15N5O.C4H9N/c1-13-3-7-16(8-4-13)18-17(15-9-5-14(11-21)6-10-15)23-20(26-2)19-24-22-12-25(18)19;1-2-4-5-3-1/h3-10,12H,1-2H3;5H,1-4H2. The van der Waals surface area contributed by atoms with Gasteiger partial charge < -0.3 is 10.1 Å². The Kier molecular flexibility index (Phi) is 6.20. The summed E-state index contributed by atoms with van der Waals surface area (Å²) in [5, 5.41) is 20.4. The van der Waals surface area contributed by atoms with Crippen LogP contribution in [0.4, 0.5) is 0 Å². The van der Waals surface area contributed by atoms with E-state index in [1.165, 1.54) is 31.5 Å². The van der Waals surface area contributed by atoms with Crippen LogP contribution in [0, 0.1) is 18.3 Å². The van der Waals surface area contributed by atoms with Crippen molar-refractivity contribution in [2.24, 2.45) is 0 Å². The Bertz CT molecular complexity index is 1190. The van der Waals surface area contributed by atoms with Gasteiger partial charge in [0.15, 0.2) is 0 Å². The van der Waals surface area contributed by atoms with Crippen LogP contribution in [0.5, 0.6) is 5.88 Å². The molecule has 4 aromatic rings. The molecule has 31 heavy (non-hydrogen) atoms. The summed E-state index contributed by atoms with van der Waals surface area (Å²) < 4.78 is 7.30. The molecule has 0 bridgehead atoms. The number of hydrogen-bond acceptors (Lipinski definition) is 6. The van der Waals surface area contributed by atoms with Crippen LogP contribution in [0.2, 0.25) is 0 Å². The maximum Gasteiger partial charge on any atom is 0.260 e. The molecule has 1 saturated heterocycles. The molecular formula is C24H24N6O. The molecule has 156 valence electrons. The molecule has 0 saturated carbocycles. The lowest BCUT2D eigenvalue weighted by Crippen LogP contribution is -2.03. The van der Waals surface area contributed by atoms with Gasteiger partial charge in [-0.15, -0.1) is 10.2 Å². The largest absolute Gasteiger partial charge is 0.478 e. The highest BCUT2D eigenvalue weighted by Gasteiger charge is 2.19. The van der Waals surface area contributed by atoms with Crippen molar-refractivity contribution < 1.29 is 4.74 Å². The molecule has 7 nitrogen and oxygen atoms in total. The van der Waals surface area contributed by atoms with Crippen LogP contribution in [-0.2, 0) is 0 Å². The Hall–Kier alpha value is -3.76. The number of rotatable bonds is 3. The van der Waals surface area contributed by atoms with E-state index >= 15 is 0 Å². The second-order valence-electron chi connectivity index (χ2n) is 7.36. The summed E-state index contributed by atoms with van der Waals surface area (Å²) >= 11 is 0. The minimum Gasteiger partial charge on any atom is -0.478 e. The Labute approximate surface area is 181 Å². The minimum atomic E-state index is 0.401. The number of aryl methyl sites for hydroxylation is 1. The number of methoxy groups -OCH3 is 1. The number of aromatic nitrogens is 4. The first-order valence-corrected chi connectivity index (χ1v) is 10.3. The van der Waals surface area contributed by atoms with Gasteiger partial charge >= 0.3 is 0 Å². The third-order valence-corrected chi connectivity index (χ3v) is 5.18. The van der Waals surface area contributed by atoms with Crippen LogP contribution in [0.25, 0.3) is 28.2 Å². The average molecular weight is 412 g/mol. The third-order valence-electron chi connectivity index (χ3n) is 5.18. The van der Waals surface area contributed by atoms with Gasteiger partial charge in [0.2, 0.25) is 5.65 Å². The van der Waals surface area contributed by atoms with Crippen LogP contribution in [0.3, 0.4) is 0 Å². The third kappa shape index (κ3) is 4.39. The Balaban J connectivity index is 0.000000407. The molecule has 5 rings (SSSR count). The summed E-state index contributed by atoms with van der Waals surface area (Å²) in [6.45, 7) is 4.55. The van der Waals surface area contributed by atoms with Gasteiger partial charge in [-0.2, -0.15) is 5.26 Å². The smallest absolute Gasteiger partial charge is 0.260 e. The fraction of sp³-hybridized carbons (Fsp3) is 0.250. The fourth-order valence-corrected chi connectivity index (χ4v) is 3.52. The predicted molar refractivity (Wildman–Crippen MR) is 120 cm³/mol. The van der Waals surface area contributed by atoms with E-state index in [9.17, 15) is 0 Å². The molecule has 2 aromatic heterocycles. The van der Waals surface area contributed by atoms with Crippen LogP contribution in [0.1, 0.15) is 24.0 Å². The number of nitrogens with one attached hydrogen (secondary N) is 1. The number of hydrogen-bond donors (Lipinski definition) is 1. The van der Waals surface area contributed by atoms with Crippen molar-refractivity contribution >= 4 is 5.65 Å². The Morgan fingerprint density at radius 2 is 1.68 bits per heavy atom. The highest BCUT2D eigenvalue weighted by atomic mass is 16.5. The summed E-state index contributed by atoms with van der Waals surface area (Å²) in [6.07, 6.45) is 4.43. The van der Waals surface area contributed by atoms with Gasteiger partial charge in [-0.05, 0) is 45.0 Å². The van der Waals surface area contributed by atoms with Crippen LogP contribution in [0.15, 0.2) is 54.9 Å². The van der Waals surface area contributed by atoms with E-state index in [-0.39, 0.29) is 0 Å². The van der Waals surface area contributed by atoms with Crippen LogP contribution in [-0.4, -0.2) is 39.8 Å². The van der Waals surface area contributed by atoms with Gasteiger partial charge in [-0.1, -0.05) is 42.0 Å². The fourth-order valence-electron chi connectivity index (χ4n) is 3.52. The first kappa shape index (κ1) is 20.5. The summed E-state index contributed by atoms with van der Waals surface area (Å²) in [6, 6.07) is 17.7. The van der Waals surface area contributed by atoms with Crippen molar-refractivity contribution in [1.82, 2.24) is 24.9 Å². The maximum absolute atomic E-state index is 9.05. The SMILES string of the molecule is C1CCNC1.COc1nc(-c2ccc(C#N)cc2)c(-c2ccc(C)cc2)n2cnnc12. The van der Waals surface area contributed by atoms with E-state index in [1.807, 2.05) is 35.6 Å². The lowest BCUT2D eigenvalue weighted by Gasteiger charge is -2.14. The van der Waals surface area contributed by atoms with Gasteiger partial charge in [-0.3, -0.25) is 4.40 Å². The maximum atomic E-state index is 9.05. The van der Waals surface area contributed by atoms with Crippen molar-refractivity contribution in [3.8, 4) is 34.5 Å². The van der Waals surface area contributed by atoms with Crippen LogP contribution >= 0.6 is 0 Å². The second kappa shape index (κ2) is 9.37. The lowest BCUT2D eigenvalue weighted by molar-refractivity contribution is 0.400. The van der Waals surface area contributed by atoms with Crippen molar-refractivity contribution in [2.45, 2.75) is 19.8 Å². The summed E-state index contributed by atoms with van der Waals surface area (Å²) in [4.78, 5) is 4.69. The molecule has 0 amide bonds.